The third kappa shape index (κ3) is 2.87. The van der Waals surface area contributed by atoms with Crippen LogP contribution in [0, 0.1) is 0 Å². The van der Waals surface area contributed by atoms with Crippen LogP contribution in [0.5, 0.6) is 0 Å². The lowest BCUT2D eigenvalue weighted by Gasteiger charge is -2.08. The van der Waals surface area contributed by atoms with Crippen molar-refractivity contribution in [2.45, 2.75) is 25.8 Å². The summed E-state index contributed by atoms with van der Waals surface area (Å²) < 4.78 is 0. The van der Waals surface area contributed by atoms with Gasteiger partial charge < -0.3 is 5.73 Å². The second-order valence-electron chi connectivity index (χ2n) is 4.15. The average Bonchev–Trinajstić information content (AvgIpc) is 2.78. The molecule has 3 nitrogen and oxygen atoms in total. The number of hydrogen-bond donors (Lipinski definition) is 2. The molecule has 17 heavy (non-hydrogen) atoms. The van der Waals surface area contributed by atoms with Crippen LogP contribution in [0.15, 0.2) is 30.5 Å². The molecule has 0 fully saturated rings. The molecule has 1 aromatic heterocycles. The average molecular weight is 250 g/mol. The van der Waals surface area contributed by atoms with Gasteiger partial charge in [-0.2, -0.15) is 5.10 Å². The fourth-order valence-corrected chi connectivity index (χ4v) is 1.89. The van der Waals surface area contributed by atoms with Crippen LogP contribution in [-0.2, 0) is 6.42 Å². The number of hydrogen-bond acceptors (Lipinski definition) is 2. The van der Waals surface area contributed by atoms with Crippen LogP contribution < -0.4 is 5.73 Å². The van der Waals surface area contributed by atoms with Crippen molar-refractivity contribution >= 4 is 11.6 Å². The third-order valence-electron chi connectivity index (χ3n) is 2.86. The van der Waals surface area contributed by atoms with Gasteiger partial charge in [-0.15, -0.1) is 0 Å². The Morgan fingerprint density at radius 3 is 2.71 bits per heavy atom. The largest absolute Gasteiger partial charge is 0.327 e. The highest BCUT2D eigenvalue weighted by Crippen LogP contribution is 2.23. The zero-order valence-electron chi connectivity index (χ0n) is 9.78. The summed E-state index contributed by atoms with van der Waals surface area (Å²) >= 11 is 5.87. The second-order valence-corrected chi connectivity index (χ2v) is 4.59. The summed E-state index contributed by atoms with van der Waals surface area (Å²) in [6.07, 6.45) is 3.65. The monoisotopic (exact) mass is 249 g/mol. The third-order valence-corrected chi connectivity index (χ3v) is 3.11. The summed E-state index contributed by atoms with van der Waals surface area (Å²) in [6, 6.07) is 7.90. The molecule has 1 aromatic carbocycles. The molecule has 0 aliphatic carbocycles. The molecule has 0 saturated heterocycles. The van der Waals surface area contributed by atoms with Crippen LogP contribution in [0.4, 0.5) is 0 Å². The van der Waals surface area contributed by atoms with Gasteiger partial charge in [-0.3, -0.25) is 5.10 Å². The van der Waals surface area contributed by atoms with E-state index in [0.29, 0.717) is 0 Å². The van der Waals surface area contributed by atoms with Gasteiger partial charge in [-0.25, -0.2) is 0 Å². The van der Waals surface area contributed by atoms with Crippen molar-refractivity contribution < 1.29 is 0 Å². The van der Waals surface area contributed by atoms with E-state index in [2.05, 4.69) is 17.1 Å². The number of benzene rings is 1. The van der Waals surface area contributed by atoms with Crippen LogP contribution in [0.25, 0.3) is 11.3 Å². The van der Waals surface area contributed by atoms with Crippen molar-refractivity contribution in [1.82, 2.24) is 10.2 Å². The molecule has 3 N–H and O–H groups in total. The summed E-state index contributed by atoms with van der Waals surface area (Å²) in [4.78, 5) is 0. The van der Waals surface area contributed by atoms with E-state index in [4.69, 9.17) is 17.3 Å². The maximum absolute atomic E-state index is 5.97. The Morgan fingerprint density at radius 1 is 1.35 bits per heavy atom. The van der Waals surface area contributed by atoms with Crippen LogP contribution in [-0.4, -0.2) is 16.2 Å². The molecule has 1 unspecified atom stereocenters. The first kappa shape index (κ1) is 12.1. The SMILES string of the molecule is CCC(N)Cc1cn[nH]c1-c1ccc(Cl)cc1. The molecule has 1 atom stereocenters. The lowest BCUT2D eigenvalue weighted by Crippen LogP contribution is -2.21. The number of H-pyrrole nitrogens is 1. The number of nitrogens with two attached hydrogens (primary N) is 1. The minimum atomic E-state index is 0.179. The summed E-state index contributed by atoms with van der Waals surface area (Å²) in [6.45, 7) is 2.09. The van der Waals surface area contributed by atoms with Gasteiger partial charge in [-0.05, 0) is 36.1 Å². The quantitative estimate of drug-likeness (QED) is 0.875. The molecular formula is C13H16ClN3. The number of nitrogens with zero attached hydrogens (tertiary/aromatic N) is 1. The van der Waals surface area contributed by atoms with Crippen LogP contribution in [0.1, 0.15) is 18.9 Å². The number of rotatable bonds is 4. The molecule has 0 saturated carbocycles. The van der Waals surface area contributed by atoms with Gasteiger partial charge in [0.05, 0.1) is 11.9 Å². The van der Waals surface area contributed by atoms with E-state index in [-0.39, 0.29) is 6.04 Å². The lowest BCUT2D eigenvalue weighted by atomic mass is 10.0. The maximum atomic E-state index is 5.97. The minimum Gasteiger partial charge on any atom is -0.327 e. The molecule has 2 aromatic rings. The highest BCUT2D eigenvalue weighted by molar-refractivity contribution is 6.30. The number of aromatic nitrogens is 2. The summed E-state index contributed by atoms with van der Waals surface area (Å²) in [5.74, 6) is 0. The highest BCUT2D eigenvalue weighted by atomic mass is 35.5. The van der Waals surface area contributed by atoms with Crippen molar-refractivity contribution in [1.29, 1.82) is 0 Å². The first-order valence-corrected chi connectivity index (χ1v) is 6.12. The molecule has 0 aliphatic heterocycles. The molecule has 0 radical (unpaired) electrons. The Morgan fingerprint density at radius 2 is 2.06 bits per heavy atom. The Labute approximate surface area is 106 Å². The Hall–Kier alpha value is -1.32. The predicted octanol–water partition coefficient (Wildman–Crippen LogP) is 3.01. The zero-order chi connectivity index (χ0) is 12.3. The Balaban J connectivity index is 2.27. The smallest absolute Gasteiger partial charge is 0.0682 e. The van der Waals surface area contributed by atoms with Crippen LogP contribution in [0.3, 0.4) is 0 Å². The van der Waals surface area contributed by atoms with E-state index in [1.165, 1.54) is 0 Å². The lowest BCUT2D eigenvalue weighted by molar-refractivity contribution is 0.647. The van der Waals surface area contributed by atoms with Gasteiger partial charge in [-0.1, -0.05) is 30.7 Å². The molecule has 0 aliphatic rings. The van der Waals surface area contributed by atoms with E-state index < -0.39 is 0 Å². The van der Waals surface area contributed by atoms with E-state index in [0.717, 1.165) is 34.7 Å². The van der Waals surface area contributed by atoms with E-state index in [1.807, 2.05) is 30.5 Å². The fraction of sp³-hybridized carbons (Fsp3) is 0.308. The van der Waals surface area contributed by atoms with Crippen molar-refractivity contribution in [3.05, 3.63) is 41.0 Å². The molecule has 0 bridgehead atoms. The summed E-state index contributed by atoms with van der Waals surface area (Å²) in [5.41, 5.74) is 9.25. The van der Waals surface area contributed by atoms with Crippen molar-refractivity contribution in [2.75, 3.05) is 0 Å². The topological polar surface area (TPSA) is 54.7 Å². The molecular weight excluding hydrogens is 234 g/mol. The highest BCUT2D eigenvalue weighted by Gasteiger charge is 2.10. The van der Waals surface area contributed by atoms with Crippen molar-refractivity contribution in [3.8, 4) is 11.3 Å². The van der Waals surface area contributed by atoms with Crippen LogP contribution in [0.2, 0.25) is 5.02 Å². The first-order chi connectivity index (χ1) is 8.20. The minimum absolute atomic E-state index is 0.179. The number of halogens is 1. The fourth-order valence-electron chi connectivity index (χ4n) is 1.76. The first-order valence-electron chi connectivity index (χ1n) is 5.74. The Kier molecular flexibility index (Phi) is 3.82. The maximum Gasteiger partial charge on any atom is 0.0682 e. The van der Waals surface area contributed by atoms with Gasteiger partial charge in [0, 0.05) is 11.1 Å². The van der Waals surface area contributed by atoms with Gasteiger partial charge >= 0.3 is 0 Å². The van der Waals surface area contributed by atoms with Crippen molar-refractivity contribution in [2.24, 2.45) is 5.73 Å². The van der Waals surface area contributed by atoms with Crippen molar-refractivity contribution in [3.63, 3.8) is 0 Å². The van der Waals surface area contributed by atoms with Gasteiger partial charge in [0.25, 0.3) is 0 Å². The van der Waals surface area contributed by atoms with Gasteiger partial charge in [0.1, 0.15) is 0 Å². The summed E-state index contributed by atoms with van der Waals surface area (Å²) in [7, 11) is 0. The van der Waals surface area contributed by atoms with E-state index in [9.17, 15) is 0 Å². The number of nitrogens with one attached hydrogen (secondary N) is 1. The predicted molar refractivity (Wildman–Crippen MR) is 71.0 cm³/mol. The molecule has 4 heteroatoms. The van der Waals surface area contributed by atoms with Gasteiger partial charge in [0.15, 0.2) is 0 Å². The Bertz CT molecular complexity index is 476. The molecule has 0 spiro atoms. The van der Waals surface area contributed by atoms with E-state index in [1.54, 1.807) is 0 Å². The molecule has 2 rings (SSSR count). The van der Waals surface area contributed by atoms with E-state index >= 15 is 0 Å². The number of aromatic amines is 1. The summed E-state index contributed by atoms with van der Waals surface area (Å²) in [5, 5.41) is 7.85. The van der Waals surface area contributed by atoms with Gasteiger partial charge in [0.2, 0.25) is 0 Å². The van der Waals surface area contributed by atoms with Crippen LogP contribution >= 0.6 is 11.6 Å². The molecule has 0 amide bonds. The standard InChI is InChI=1S/C13H16ClN3/c1-2-12(15)7-10-8-16-17-13(10)9-3-5-11(14)6-4-9/h3-6,8,12H,2,7,15H2,1H3,(H,16,17). The molecule has 90 valence electrons. The normalized spacial score (nSPS) is 12.6. The molecule has 1 heterocycles. The second kappa shape index (κ2) is 5.34. The zero-order valence-corrected chi connectivity index (χ0v) is 10.5.